The lowest BCUT2D eigenvalue weighted by molar-refractivity contribution is -0.118. The first-order valence-corrected chi connectivity index (χ1v) is 12.0. The van der Waals surface area contributed by atoms with Crippen LogP contribution in [0.5, 0.6) is 5.75 Å². The van der Waals surface area contributed by atoms with Crippen molar-refractivity contribution in [2.24, 2.45) is 0 Å². The molecular weight excluding hydrogens is 427 g/mol. The zero-order valence-electron chi connectivity index (χ0n) is 19.9. The second-order valence-electron chi connectivity index (χ2n) is 9.71. The molecule has 176 valence electrons. The fourth-order valence-electron chi connectivity index (χ4n) is 5.48. The Hall–Kier alpha value is -3.18. The van der Waals surface area contributed by atoms with Crippen LogP contribution in [-0.4, -0.2) is 37.6 Å². The van der Waals surface area contributed by atoms with Crippen molar-refractivity contribution < 1.29 is 13.9 Å². The van der Waals surface area contributed by atoms with E-state index in [4.69, 9.17) is 4.74 Å². The summed E-state index contributed by atoms with van der Waals surface area (Å²) in [6.45, 7) is 5.48. The van der Waals surface area contributed by atoms with Crippen molar-refractivity contribution in [3.8, 4) is 5.75 Å². The van der Waals surface area contributed by atoms with Crippen LogP contribution in [0.2, 0.25) is 0 Å². The van der Waals surface area contributed by atoms with Gasteiger partial charge in [-0.3, -0.25) is 9.69 Å². The highest BCUT2D eigenvalue weighted by Crippen LogP contribution is 2.47. The van der Waals surface area contributed by atoms with Gasteiger partial charge in [0, 0.05) is 24.2 Å². The minimum Gasteiger partial charge on any atom is -0.497 e. The molecule has 5 rings (SSSR count). The molecule has 3 aromatic rings. The molecule has 0 bridgehead atoms. The van der Waals surface area contributed by atoms with Crippen LogP contribution in [0.3, 0.4) is 0 Å². The number of halogens is 1. The van der Waals surface area contributed by atoms with E-state index in [1.807, 2.05) is 35.2 Å². The van der Waals surface area contributed by atoms with E-state index in [2.05, 4.69) is 30.0 Å². The summed E-state index contributed by atoms with van der Waals surface area (Å²) < 4.78 is 18.9. The summed E-state index contributed by atoms with van der Waals surface area (Å²) in [6, 6.07) is 21.1. The molecule has 4 nitrogen and oxygen atoms in total. The molecular formula is C29H31FN2O2. The Balaban J connectivity index is 1.33. The summed E-state index contributed by atoms with van der Waals surface area (Å²) in [6.07, 6.45) is 2.36. The number of likely N-dealkylation sites (tertiary alicyclic amines) is 1. The van der Waals surface area contributed by atoms with E-state index in [0.717, 1.165) is 61.6 Å². The lowest BCUT2D eigenvalue weighted by atomic mass is 9.74. The van der Waals surface area contributed by atoms with E-state index in [0.29, 0.717) is 6.42 Å². The normalized spacial score (nSPS) is 17.1. The zero-order chi connectivity index (χ0) is 23.7. The summed E-state index contributed by atoms with van der Waals surface area (Å²) in [5, 5.41) is 0. The van der Waals surface area contributed by atoms with E-state index in [1.165, 1.54) is 17.2 Å². The molecule has 1 spiro atoms. The van der Waals surface area contributed by atoms with Gasteiger partial charge in [0.05, 0.1) is 13.5 Å². The molecule has 0 atom stereocenters. The molecule has 0 saturated carbocycles. The van der Waals surface area contributed by atoms with Crippen molar-refractivity contribution >= 4 is 11.6 Å². The highest BCUT2D eigenvalue weighted by molar-refractivity contribution is 5.97. The largest absolute Gasteiger partial charge is 0.497 e. The fourth-order valence-corrected chi connectivity index (χ4v) is 5.48. The SMILES string of the molecule is COc1ccc(CC(=O)N2CC3(CCN(Cc4cccc(F)c4)CC3)c3cc(C)ccc32)cc1. The molecule has 2 aliphatic rings. The maximum atomic E-state index is 13.6. The number of hydrogen-bond donors (Lipinski definition) is 0. The molecule has 34 heavy (non-hydrogen) atoms. The van der Waals surface area contributed by atoms with Crippen molar-refractivity contribution in [1.29, 1.82) is 0 Å². The van der Waals surface area contributed by atoms with Gasteiger partial charge in [-0.05, 0) is 79.9 Å². The lowest BCUT2D eigenvalue weighted by Gasteiger charge is -2.40. The fraction of sp³-hybridized carbons (Fsp3) is 0.345. The molecule has 1 saturated heterocycles. The van der Waals surface area contributed by atoms with Crippen molar-refractivity contribution in [3.63, 3.8) is 0 Å². The Bertz CT molecular complexity index is 1180. The third kappa shape index (κ3) is 4.45. The van der Waals surface area contributed by atoms with Crippen molar-refractivity contribution in [3.05, 3.63) is 94.8 Å². The van der Waals surface area contributed by atoms with Crippen molar-refractivity contribution in [2.45, 2.75) is 38.1 Å². The van der Waals surface area contributed by atoms with E-state index < -0.39 is 0 Å². The Morgan fingerprint density at radius 2 is 1.76 bits per heavy atom. The molecule has 0 aromatic heterocycles. The molecule has 2 heterocycles. The lowest BCUT2D eigenvalue weighted by Crippen LogP contribution is -2.46. The Kier molecular flexibility index (Phi) is 6.13. The molecule has 3 aromatic carbocycles. The quantitative estimate of drug-likeness (QED) is 0.523. The Morgan fingerprint density at radius 3 is 2.47 bits per heavy atom. The summed E-state index contributed by atoms with van der Waals surface area (Å²) >= 11 is 0. The Labute approximate surface area is 201 Å². The molecule has 2 aliphatic heterocycles. The molecule has 1 fully saturated rings. The number of rotatable bonds is 5. The first-order chi connectivity index (χ1) is 16.5. The van der Waals surface area contributed by atoms with Crippen molar-refractivity contribution in [2.75, 3.05) is 31.6 Å². The minimum atomic E-state index is -0.183. The van der Waals surface area contributed by atoms with Crippen LogP contribution in [0.25, 0.3) is 0 Å². The number of fused-ring (bicyclic) bond motifs is 2. The molecule has 0 radical (unpaired) electrons. The van der Waals surface area contributed by atoms with Crippen LogP contribution in [0.4, 0.5) is 10.1 Å². The summed E-state index contributed by atoms with van der Waals surface area (Å²) in [7, 11) is 1.65. The van der Waals surface area contributed by atoms with Crippen molar-refractivity contribution in [1.82, 2.24) is 4.90 Å². The number of benzene rings is 3. The second-order valence-corrected chi connectivity index (χ2v) is 9.71. The number of nitrogens with zero attached hydrogens (tertiary/aromatic N) is 2. The van der Waals surface area contributed by atoms with Crippen LogP contribution >= 0.6 is 0 Å². The van der Waals surface area contributed by atoms with Crippen LogP contribution in [-0.2, 0) is 23.2 Å². The van der Waals surface area contributed by atoms with Gasteiger partial charge in [0.25, 0.3) is 0 Å². The monoisotopic (exact) mass is 458 g/mol. The van der Waals surface area contributed by atoms with E-state index in [9.17, 15) is 9.18 Å². The van der Waals surface area contributed by atoms with Gasteiger partial charge in [0.1, 0.15) is 11.6 Å². The second kappa shape index (κ2) is 9.22. The Morgan fingerprint density at radius 1 is 1.00 bits per heavy atom. The number of carbonyl (C=O) groups excluding carboxylic acids is 1. The number of methoxy groups -OCH3 is 1. The molecule has 5 heteroatoms. The first-order valence-electron chi connectivity index (χ1n) is 12.0. The molecule has 0 aliphatic carbocycles. The number of piperidine rings is 1. The zero-order valence-corrected chi connectivity index (χ0v) is 19.9. The predicted molar refractivity (Wildman–Crippen MR) is 133 cm³/mol. The number of carbonyl (C=O) groups is 1. The highest BCUT2D eigenvalue weighted by atomic mass is 19.1. The third-order valence-electron chi connectivity index (χ3n) is 7.40. The summed E-state index contributed by atoms with van der Waals surface area (Å²) in [5.41, 5.74) is 5.57. The average molecular weight is 459 g/mol. The predicted octanol–water partition coefficient (Wildman–Crippen LogP) is 5.27. The van der Waals surface area contributed by atoms with E-state index >= 15 is 0 Å². The van der Waals surface area contributed by atoms with Gasteiger partial charge in [-0.15, -0.1) is 0 Å². The van der Waals surface area contributed by atoms with Crippen LogP contribution < -0.4 is 9.64 Å². The number of ether oxygens (including phenoxy) is 1. The van der Waals surface area contributed by atoms with Gasteiger partial charge in [0.2, 0.25) is 5.91 Å². The third-order valence-corrected chi connectivity index (χ3v) is 7.40. The van der Waals surface area contributed by atoms with Gasteiger partial charge in [0.15, 0.2) is 0 Å². The van der Waals surface area contributed by atoms with E-state index in [-0.39, 0.29) is 17.1 Å². The summed E-state index contributed by atoms with van der Waals surface area (Å²) in [5.74, 6) is 0.744. The maximum Gasteiger partial charge on any atom is 0.231 e. The minimum absolute atomic E-state index is 0.0185. The number of hydrogen-bond acceptors (Lipinski definition) is 3. The molecule has 0 unspecified atom stereocenters. The molecule has 0 N–H and O–H groups in total. The first kappa shape index (κ1) is 22.6. The number of anilines is 1. The standard InChI is InChI=1S/C29H31FN2O2/c1-21-6-11-27-26(16-21)29(12-14-31(15-13-29)19-23-4-3-5-24(30)17-23)20-32(27)28(33)18-22-7-9-25(34-2)10-8-22/h3-11,16-17H,12-15,18-20H2,1-2H3. The van der Waals surface area contributed by atoms with Gasteiger partial charge < -0.3 is 9.64 Å². The van der Waals surface area contributed by atoms with E-state index in [1.54, 1.807) is 19.2 Å². The highest BCUT2D eigenvalue weighted by Gasteiger charge is 2.46. The van der Waals surface area contributed by atoms with Gasteiger partial charge in [-0.25, -0.2) is 4.39 Å². The van der Waals surface area contributed by atoms with Crippen LogP contribution in [0.15, 0.2) is 66.7 Å². The smallest absolute Gasteiger partial charge is 0.231 e. The topological polar surface area (TPSA) is 32.8 Å². The number of aryl methyl sites for hydroxylation is 1. The van der Waals surface area contributed by atoms with Gasteiger partial charge in [-0.2, -0.15) is 0 Å². The summed E-state index contributed by atoms with van der Waals surface area (Å²) in [4.78, 5) is 17.8. The van der Waals surface area contributed by atoms with Crippen LogP contribution in [0.1, 0.15) is 35.1 Å². The van der Waals surface area contributed by atoms with Gasteiger partial charge in [-0.1, -0.05) is 42.0 Å². The number of amides is 1. The molecule has 1 amide bonds. The van der Waals surface area contributed by atoms with Gasteiger partial charge >= 0.3 is 0 Å². The maximum absolute atomic E-state index is 13.6. The average Bonchev–Trinajstić information content (AvgIpc) is 3.14. The van der Waals surface area contributed by atoms with Crippen LogP contribution in [0, 0.1) is 12.7 Å².